The molecule has 6 heteroatoms. The largest absolute Gasteiger partial charge is 0.491 e. The molecular formula is C20H25N3O2S. The van der Waals surface area contributed by atoms with E-state index in [0.717, 1.165) is 17.0 Å². The molecular weight excluding hydrogens is 346 g/mol. The predicted molar refractivity (Wildman–Crippen MR) is 110 cm³/mol. The molecule has 0 fully saturated rings. The summed E-state index contributed by atoms with van der Waals surface area (Å²) >= 11 is 5.32. The normalized spacial score (nSPS) is 10.3. The highest BCUT2D eigenvalue weighted by Gasteiger charge is 2.07. The maximum Gasteiger partial charge on any atom is 0.253 e. The fourth-order valence-corrected chi connectivity index (χ4v) is 2.46. The second-order valence-electron chi connectivity index (χ2n) is 6.40. The van der Waals surface area contributed by atoms with Crippen molar-refractivity contribution in [3.8, 4) is 5.75 Å². The molecule has 0 atom stereocenters. The summed E-state index contributed by atoms with van der Waals surface area (Å²) in [6.07, 6.45) is 0.162. The summed E-state index contributed by atoms with van der Waals surface area (Å²) in [4.78, 5) is 13.4. The Hall–Kier alpha value is -2.60. The van der Waals surface area contributed by atoms with Crippen LogP contribution in [0.5, 0.6) is 5.75 Å². The number of benzene rings is 2. The molecule has 2 N–H and O–H groups in total. The average molecular weight is 372 g/mol. The average Bonchev–Trinajstić information content (AvgIpc) is 2.60. The topological polar surface area (TPSA) is 53.6 Å². The molecule has 0 aromatic heterocycles. The number of nitrogens with zero attached hydrogens (tertiary/aromatic N) is 1. The van der Waals surface area contributed by atoms with Gasteiger partial charge in [-0.1, -0.05) is 12.1 Å². The monoisotopic (exact) mass is 371 g/mol. The van der Waals surface area contributed by atoms with Crippen LogP contribution in [0.1, 0.15) is 29.8 Å². The lowest BCUT2D eigenvalue weighted by Crippen LogP contribution is -2.28. The minimum atomic E-state index is -0.0258. The number of carbonyl (C=O) groups excluding carboxylic acids is 1. The maximum atomic E-state index is 11.9. The smallest absolute Gasteiger partial charge is 0.253 e. The third kappa shape index (κ3) is 6.04. The Labute approximate surface area is 160 Å². The minimum Gasteiger partial charge on any atom is -0.491 e. The van der Waals surface area contributed by atoms with Gasteiger partial charge in [0.15, 0.2) is 5.11 Å². The Bertz CT molecular complexity index is 741. The number of hydrogen-bond acceptors (Lipinski definition) is 3. The van der Waals surface area contributed by atoms with Crippen LogP contribution in [-0.4, -0.2) is 36.1 Å². The van der Waals surface area contributed by atoms with Crippen LogP contribution in [0.25, 0.3) is 0 Å². The fourth-order valence-electron chi connectivity index (χ4n) is 2.27. The van der Waals surface area contributed by atoms with Crippen molar-refractivity contribution in [3.63, 3.8) is 0 Å². The van der Waals surface area contributed by atoms with E-state index >= 15 is 0 Å². The van der Waals surface area contributed by atoms with Gasteiger partial charge < -0.3 is 20.3 Å². The summed E-state index contributed by atoms with van der Waals surface area (Å²) in [5, 5.41) is 6.81. The highest BCUT2D eigenvalue weighted by atomic mass is 32.1. The van der Waals surface area contributed by atoms with E-state index in [9.17, 15) is 4.79 Å². The first-order valence-corrected chi connectivity index (χ1v) is 8.88. The molecule has 5 nitrogen and oxygen atoms in total. The zero-order valence-corrected chi connectivity index (χ0v) is 16.4. The highest BCUT2D eigenvalue weighted by molar-refractivity contribution is 7.80. The van der Waals surface area contributed by atoms with E-state index in [1.807, 2.05) is 50.2 Å². The molecule has 0 saturated heterocycles. The summed E-state index contributed by atoms with van der Waals surface area (Å²) in [7, 11) is 3.46. The van der Waals surface area contributed by atoms with E-state index < -0.39 is 0 Å². The van der Waals surface area contributed by atoms with Gasteiger partial charge in [0.1, 0.15) is 5.75 Å². The number of carbonyl (C=O) groups is 1. The number of amides is 1. The van der Waals surface area contributed by atoms with E-state index in [1.54, 1.807) is 31.1 Å². The zero-order valence-electron chi connectivity index (χ0n) is 15.6. The first-order valence-electron chi connectivity index (χ1n) is 8.47. The van der Waals surface area contributed by atoms with Gasteiger partial charge in [-0.05, 0) is 68.0 Å². The lowest BCUT2D eigenvalue weighted by molar-refractivity contribution is 0.0827. The molecule has 2 aromatic rings. The Morgan fingerprint density at radius 2 is 1.69 bits per heavy atom. The molecule has 0 unspecified atom stereocenters. The number of nitrogens with one attached hydrogen (secondary N) is 2. The van der Waals surface area contributed by atoms with Gasteiger partial charge in [0.25, 0.3) is 5.91 Å². The standard InChI is InChI=1S/C20H25N3O2S/c1-14(2)25-18-11-5-15(6-12-18)13-21-20(26)22-17-9-7-16(8-10-17)19(24)23(3)4/h5-12,14H,13H2,1-4H3,(H2,21,22,26). The molecule has 26 heavy (non-hydrogen) atoms. The number of thiocarbonyl (C=S) groups is 1. The van der Waals surface area contributed by atoms with Gasteiger partial charge >= 0.3 is 0 Å². The summed E-state index contributed by atoms with van der Waals surface area (Å²) in [6, 6.07) is 15.2. The minimum absolute atomic E-state index is 0.0258. The van der Waals surface area contributed by atoms with Gasteiger partial charge in [0.05, 0.1) is 6.10 Å². The van der Waals surface area contributed by atoms with Crippen LogP contribution in [-0.2, 0) is 6.54 Å². The van der Waals surface area contributed by atoms with Crippen molar-refractivity contribution in [2.75, 3.05) is 19.4 Å². The molecule has 0 aliphatic carbocycles. The molecule has 2 aromatic carbocycles. The molecule has 0 saturated carbocycles. The van der Waals surface area contributed by atoms with Gasteiger partial charge in [-0.25, -0.2) is 0 Å². The van der Waals surface area contributed by atoms with Crippen molar-refractivity contribution in [2.24, 2.45) is 0 Å². The van der Waals surface area contributed by atoms with Gasteiger partial charge in [0.2, 0.25) is 0 Å². The Balaban J connectivity index is 1.84. The molecule has 0 radical (unpaired) electrons. The van der Waals surface area contributed by atoms with Crippen molar-refractivity contribution < 1.29 is 9.53 Å². The SMILES string of the molecule is CC(C)Oc1ccc(CNC(=S)Nc2ccc(C(=O)N(C)C)cc2)cc1. The zero-order chi connectivity index (χ0) is 19.1. The van der Waals surface area contributed by atoms with Crippen LogP contribution < -0.4 is 15.4 Å². The molecule has 138 valence electrons. The first-order chi connectivity index (χ1) is 12.3. The lowest BCUT2D eigenvalue weighted by atomic mass is 10.2. The Kier molecular flexibility index (Phi) is 6.97. The molecule has 0 bridgehead atoms. The summed E-state index contributed by atoms with van der Waals surface area (Å²) < 4.78 is 5.63. The number of rotatable bonds is 6. The van der Waals surface area contributed by atoms with Crippen molar-refractivity contribution >= 4 is 28.9 Å². The van der Waals surface area contributed by atoms with Crippen LogP contribution in [0.4, 0.5) is 5.69 Å². The summed E-state index contributed by atoms with van der Waals surface area (Å²) in [5.41, 5.74) is 2.58. The van der Waals surface area contributed by atoms with Crippen molar-refractivity contribution in [3.05, 3.63) is 59.7 Å². The van der Waals surface area contributed by atoms with Gasteiger partial charge in [-0.15, -0.1) is 0 Å². The third-order valence-corrected chi connectivity index (χ3v) is 3.79. The molecule has 0 spiro atoms. The summed E-state index contributed by atoms with van der Waals surface area (Å²) in [5.74, 6) is 0.832. The molecule has 0 aliphatic heterocycles. The third-order valence-electron chi connectivity index (χ3n) is 3.54. The van der Waals surface area contributed by atoms with Crippen LogP contribution in [0.15, 0.2) is 48.5 Å². The van der Waals surface area contributed by atoms with Gasteiger partial charge in [-0.3, -0.25) is 4.79 Å². The number of hydrogen-bond donors (Lipinski definition) is 2. The van der Waals surface area contributed by atoms with E-state index in [4.69, 9.17) is 17.0 Å². The van der Waals surface area contributed by atoms with E-state index in [-0.39, 0.29) is 12.0 Å². The molecule has 2 rings (SSSR count). The van der Waals surface area contributed by atoms with Crippen LogP contribution in [0, 0.1) is 0 Å². The first kappa shape index (κ1) is 19.7. The second kappa shape index (κ2) is 9.20. The predicted octanol–water partition coefficient (Wildman–Crippen LogP) is 3.66. The molecule has 0 heterocycles. The highest BCUT2D eigenvalue weighted by Crippen LogP contribution is 2.14. The van der Waals surface area contributed by atoms with Crippen molar-refractivity contribution in [1.82, 2.24) is 10.2 Å². The summed E-state index contributed by atoms with van der Waals surface area (Å²) in [6.45, 7) is 4.62. The lowest BCUT2D eigenvalue weighted by Gasteiger charge is -2.13. The molecule has 1 amide bonds. The van der Waals surface area contributed by atoms with Gasteiger partial charge in [-0.2, -0.15) is 0 Å². The number of ether oxygens (including phenoxy) is 1. The van der Waals surface area contributed by atoms with Crippen LogP contribution in [0.2, 0.25) is 0 Å². The van der Waals surface area contributed by atoms with Crippen molar-refractivity contribution in [1.29, 1.82) is 0 Å². The van der Waals surface area contributed by atoms with Crippen LogP contribution >= 0.6 is 12.2 Å². The second-order valence-corrected chi connectivity index (χ2v) is 6.80. The Morgan fingerprint density at radius 1 is 1.08 bits per heavy atom. The van der Waals surface area contributed by atoms with Crippen molar-refractivity contribution in [2.45, 2.75) is 26.5 Å². The van der Waals surface area contributed by atoms with E-state index in [1.165, 1.54) is 0 Å². The van der Waals surface area contributed by atoms with Crippen LogP contribution in [0.3, 0.4) is 0 Å². The van der Waals surface area contributed by atoms with Gasteiger partial charge in [0, 0.05) is 31.9 Å². The molecule has 0 aliphatic rings. The van der Waals surface area contributed by atoms with E-state index in [2.05, 4.69) is 10.6 Å². The Morgan fingerprint density at radius 3 is 2.23 bits per heavy atom. The quantitative estimate of drug-likeness (QED) is 0.759. The maximum absolute atomic E-state index is 11.9. The fraction of sp³-hybridized carbons (Fsp3) is 0.300. The number of anilines is 1. The van der Waals surface area contributed by atoms with E-state index in [0.29, 0.717) is 17.2 Å².